The highest BCUT2D eigenvalue weighted by molar-refractivity contribution is 5.71. The lowest BCUT2D eigenvalue weighted by Gasteiger charge is -2.18. The molecule has 0 spiro atoms. The van der Waals surface area contributed by atoms with Crippen LogP contribution in [0.4, 0.5) is 0 Å². The molecule has 0 aromatic rings. The van der Waals surface area contributed by atoms with E-state index in [1.807, 2.05) is 36.5 Å². The summed E-state index contributed by atoms with van der Waals surface area (Å²) in [6.45, 7) is 6.38. The predicted octanol–water partition coefficient (Wildman–Crippen LogP) is 16.5. The van der Waals surface area contributed by atoms with Crippen molar-refractivity contribution in [2.45, 2.75) is 207 Å². The first-order valence-electron chi connectivity index (χ1n) is 25.2. The molecule has 354 valence electrons. The zero-order valence-corrected chi connectivity index (χ0v) is 40.3. The van der Waals surface area contributed by atoms with Gasteiger partial charge in [-0.25, -0.2) is 0 Å². The van der Waals surface area contributed by atoms with Gasteiger partial charge in [-0.3, -0.25) is 14.4 Å². The van der Waals surface area contributed by atoms with Crippen LogP contribution in [-0.2, 0) is 28.6 Å². The van der Waals surface area contributed by atoms with Gasteiger partial charge in [0.2, 0.25) is 0 Å². The Kier molecular flexibility index (Phi) is 47.1. The first-order valence-corrected chi connectivity index (χ1v) is 25.2. The maximum absolute atomic E-state index is 12.8. The highest BCUT2D eigenvalue weighted by atomic mass is 16.6. The fourth-order valence-electron chi connectivity index (χ4n) is 6.31. The first kappa shape index (κ1) is 58.8. The molecule has 0 amide bonds. The van der Waals surface area contributed by atoms with Gasteiger partial charge in [0.05, 0.1) is 0 Å². The molecule has 0 heterocycles. The Morgan fingerprint density at radius 3 is 1.10 bits per heavy atom. The normalized spacial score (nSPS) is 13.1. The molecule has 0 aliphatic rings. The van der Waals surface area contributed by atoms with E-state index < -0.39 is 6.10 Å². The fraction of sp³-hybridized carbons (Fsp3) is 0.596. The third kappa shape index (κ3) is 48.7. The zero-order valence-electron chi connectivity index (χ0n) is 40.3. The Hall–Kier alpha value is -4.19. The molecular weight excluding hydrogens is 781 g/mol. The molecule has 0 aromatic carbocycles. The summed E-state index contributed by atoms with van der Waals surface area (Å²) >= 11 is 0. The molecule has 6 nitrogen and oxygen atoms in total. The first-order chi connectivity index (χ1) is 31.0. The van der Waals surface area contributed by atoms with Crippen molar-refractivity contribution in [1.29, 1.82) is 0 Å². The number of carbonyl (C=O) groups excluding carboxylic acids is 3. The maximum atomic E-state index is 12.8. The number of carbonyl (C=O) groups is 3. The van der Waals surface area contributed by atoms with Gasteiger partial charge < -0.3 is 14.2 Å². The zero-order chi connectivity index (χ0) is 45.8. The quantitative estimate of drug-likeness (QED) is 0.0200. The van der Waals surface area contributed by atoms with Gasteiger partial charge in [0.15, 0.2) is 6.10 Å². The molecule has 0 bridgehead atoms. The second-order valence-corrected chi connectivity index (χ2v) is 16.2. The van der Waals surface area contributed by atoms with E-state index in [2.05, 4.69) is 106 Å². The Morgan fingerprint density at radius 2 is 0.635 bits per heavy atom. The number of allylic oxidation sites excluding steroid dienone is 20. The lowest BCUT2D eigenvalue weighted by atomic mass is 10.1. The Labute approximate surface area is 386 Å². The van der Waals surface area contributed by atoms with Crippen LogP contribution in [0.25, 0.3) is 0 Å². The number of hydrogen-bond donors (Lipinski definition) is 0. The van der Waals surface area contributed by atoms with Gasteiger partial charge >= 0.3 is 17.9 Å². The van der Waals surface area contributed by atoms with Gasteiger partial charge in [0, 0.05) is 19.3 Å². The number of esters is 3. The van der Waals surface area contributed by atoms with Crippen LogP contribution in [0, 0.1) is 0 Å². The smallest absolute Gasteiger partial charge is 0.306 e. The van der Waals surface area contributed by atoms with E-state index in [1.165, 1.54) is 51.4 Å². The molecule has 1 unspecified atom stereocenters. The topological polar surface area (TPSA) is 78.9 Å². The molecule has 0 fully saturated rings. The van der Waals surface area contributed by atoms with Crippen molar-refractivity contribution in [2.24, 2.45) is 0 Å². The van der Waals surface area contributed by atoms with Gasteiger partial charge in [-0.2, -0.15) is 0 Å². The van der Waals surface area contributed by atoms with E-state index in [4.69, 9.17) is 14.2 Å². The fourth-order valence-corrected chi connectivity index (χ4v) is 6.31. The minimum absolute atomic E-state index is 0.114. The molecule has 0 saturated carbocycles. The SMILES string of the molecule is CCC\C=C/C=C\C=C/C=C\C=C/CCCCCCCC(=O)OCC(COC(=O)CCC/C=C\CCCCCC)OC(=O)CCCCCCC\C=C/C=C\C=C/C=C\CCCCC. The van der Waals surface area contributed by atoms with Crippen molar-refractivity contribution in [3.8, 4) is 0 Å². The molecular formula is C57H90O6. The van der Waals surface area contributed by atoms with E-state index >= 15 is 0 Å². The number of unbranched alkanes of at least 4 members (excludes halogenated alkanes) is 19. The van der Waals surface area contributed by atoms with Gasteiger partial charge in [-0.1, -0.05) is 219 Å². The monoisotopic (exact) mass is 871 g/mol. The van der Waals surface area contributed by atoms with Crippen molar-refractivity contribution in [3.63, 3.8) is 0 Å². The minimum Gasteiger partial charge on any atom is -0.462 e. The lowest BCUT2D eigenvalue weighted by Crippen LogP contribution is -2.30. The second kappa shape index (κ2) is 50.5. The molecule has 0 aliphatic carbocycles. The highest BCUT2D eigenvalue weighted by Gasteiger charge is 2.19. The minimum atomic E-state index is -0.815. The highest BCUT2D eigenvalue weighted by Crippen LogP contribution is 2.12. The summed E-state index contributed by atoms with van der Waals surface area (Å²) in [7, 11) is 0. The molecule has 63 heavy (non-hydrogen) atoms. The van der Waals surface area contributed by atoms with E-state index in [0.29, 0.717) is 19.3 Å². The molecule has 0 radical (unpaired) electrons. The van der Waals surface area contributed by atoms with Crippen LogP contribution >= 0.6 is 0 Å². The predicted molar refractivity (Wildman–Crippen MR) is 269 cm³/mol. The summed E-state index contributed by atoms with van der Waals surface area (Å²) in [6, 6.07) is 0. The van der Waals surface area contributed by atoms with E-state index in [9.17, 15) is 14.4 Å². The van der Waals surface area contributed by atoms with Gasteiger partial charge in [0.25, 0.3) is 0 Å². The number of hydrogen-bond acceptors (Lipinski definition) is 6. The largest absolute Gasteiger partial charge is 0.462 e. The second-order valence-electron chi connectivity index (χ2n) is 16.2. The van der Waals surface area contributed by atoms with Gasteiger partial charge in [-0.15, -0.1) is 0 Å². The summed E-state index contributed by atoms with van der Waals surface area (Å²) in [5.74, 6) is -1.01. The summed E-state index contributed by atoms with van der Waals surface area (Å²) in [6.07, 6.45) is 68.9. The summed E-state index contributed by atoms with van der Waals surface area (Å²) < 4.78 is 16.7. The molecule has 0 saturated heterocycles. The lowest BCUT2D eigenvalue weighted by molar-refractivity contribution is -0.167. The van der Waals surface area contributed by atoms with Crippen molar-refractivity contribution in [2.75, 3.05) is 13.2 Å². The van der Waals surface area contributed by atoms with Crippen molar-refractivity contribution in [1.82, 2.24) is 0 Å². The average Bonchev–Trinajstić information content (AvgIpc) is 3.28. The summed E-state index contributed by atoms with van der Waals surface area (Å²) in [4.78, 5) is 37.9. The number of ether oxygens (including phenoxy) is 3. The van der Waals surface area contributed by atoms with Gasteiger partial charge in [-0.05, 0) is 83.5 Å². The summed E-state index contributed by atoms with van der Waals surface area (Å²) in [5, 5.41) is 0. The molecule has 6 heteroatoms. The van der Waals surface area contributed by atoms with Crippen molar-refractivity contribution >= 4 is 17.9 Å². The van der Waals surface area contributed by atoms with Crippen LogP contribution in [0.5, 0.6) is 0 Å². The van der Waals surface area contributed by atoms with Crippen molar-refractivity contribution < 1.29 is 28.6 Å². The van der Waals surface area contributed by atoms with E-state index in [0.717, 1.165) is 103 Å². The van der Waals surface area contributed by atoms with Crippen LogP contribution in [0.3, 0.4) is 0 Å². The van der Waals surface area contributed by atoms with Crippen LogP contribution in [0.1, 0.15) is 201 Å². The molecule has 0 rings (SSSR count). The standard InChI is InChI=1S/C57H90O6/c1-4-7-10-13-16-19-21-23-25-27-29-31-33-35-38-41-44-47-50-56(59)62-53-54(52-61-55(58)49-46-43-40-37-18-15-12-9-6-3)63-57(60)51-48-45-42-39-36-34-32-30-28-26-24-22-20-17-14-11-8-5-2/h10,13,16-17,19-32,37,40,54H,4-9,11-12,14-15,18,33-36,38-39,41-53H2,1-3H3/b13-10-,19-16-,20-17-,23-21-,24-22-,27-25-,28-26-,31-29-,32-30-,40-37-. The molecule has 1 atom stereocenters. The van der Waals surface area contributed by atoms with Crippen LogP contribution < -0.4 is 0 Å². The van der Waals surface area contributed by atoms with Crippen LogP contribution in [0.2, 0.25) is 0 Å². The Morgan fingerprint density at radius 1 is 0.317 bits per heavy atom. The van der Waals surface area contributed by atoms with Gasteiger partial charge in [0.1, 0.15) is 13.2 Å². The third-order valence-corrected chi connectivity index (χ3v) is 10.1. The molecule has 0 aromatic heterocycles. The number of rotatable bonds is 43. The van der Waals surface area contributed by atoms with E-state index in [1.54, 1.807) is 0 Å². The van der Waals surface area contributed by atoms with Crippen LogP contribution in [0.15, 0.2) is 122 Å². The van der Waals surface area contributed by atoms with Crippen molar-refractivity contribution in [3.05, 3.63) is 122 Å². The average molecular weight is 871 g/mol. The van der Waals surface area contributed by atoms with Crippen LogP contribution in [-0.4, -0.2) is 37.2 Å². The maximum Gasteiger partial charge on any atom is 0.306 e. The Balaban J connectivity index is 4.50. The third-order valence-electron chi connectivity index (χ3n) is 10.1. The van der Waals surface area contributed by atoms with E-state index in [-0.39, 0.29) is 37.5 Å². The molecule has 0 aliphatic heterocycles. The Bertz CT molecular complexity index is 1370. The summed E-state index contributed by atoms with van der Waals surface area (Å²) in [5.41, 5.74) is 0. The molecule has 0 N–H and O–H groups in total.